The Morgan fingerprint density at radius 3 is 2.43 bits per heavy atom. The van der Waals surface area contributed by atoms with Crippen LogP contribution in [0.15, 0.2) is 35.4 Å². The average molecular weight is 317 g/mol. The predicted molar refractivity (Wildman–Crippen MR) is 89.3 cm³/mol. The van der Waals surface area contributed by atoms with E-state index >= 15 is 0 Å². The number of ether oxygens (including phenoxy) is 1. The number of para-hydroxylation sites is 1. The zero-order chi connectivity index (χ0) is 16.8. The highest BCUT2D eigenvalue weighted by Crippen LogP contribution is 2.26. The van der Waals surface area contributed by atoms with Crippen molar-refractivity contribution in [1.82, 2.24) is 4.90 Å². The number of hydrazone groups is 1. The molecule has 1 aromatic rings. The van der Waals surface area contributed by atoms with Crippen LogP contribution in [0.3, 0.4) is 0 Å². The Kier molecular flexibility index (Phi) is 5.73. The van der Waals surface area contributed by atoms with Crippen molar-refractivity contribution in [2.24, 2.45) is 5.10 Å². The van der Waals surface area contributed by atoms with E-state index in [0.29, 0.717) is 18.8 Å². The van der Waals surface area contributed by atoms with Crippen molar-refractivity contribution < 1.29 is 14.3 Å². The van der Waals surface area contributed by atoms with E-state index in [1.165, 1.54) is 0 Å². The summed E-state index contributed by atoms with van der Waals surface area (Å²) in [5.74, 6) is -0.481. The standard InChI is InChI=1S/C17H23N3O3/c1-4-19(5-2)16(21)15-12-14(17(22)23-6-3)18-20(15)13-10-8-7-9-11-13/h7-11,15H,4-6,12H2,1-3H3. The van der Waals surface area contributed by atoms with E-state index in [-0.39, 0.29) is 18.9 Å². The SMILES string of the molecule is CCOC(=O)C1=NN(c2ccccc2)C(C(=O)N(CC)CC)C1. The number of rotatable bonds is 6. The molecule has 1 aliphatic heterocycles. The van der Waals surface area contributed by atoms with E-state index in [4.69, 9.17) is 4.74 Å². The van der Waals surface area contributed by atoms with E-state index in [0.717, 1.165) is 5.69 Å². The molecule has 124 valence electrons. The van der Waals surface area contributed by atoms with Gasteiger partial charge < -0.3 is 9.64 Å². The molecule has 1 unspecified atom stereocenters. The second-order valence-corrected chi connectivity index (χ2v) is 5.18. The summed E-state index contributed by atoms with van der Waals surface area (Å²) in [4.78, 5) is 26.5. The van der Waals surface area contributed by atoms with E-state index < -0.39 is 12.0 Å². The molecule has 0 N–H and O–H groups in total. The van der Waals surface area contributed by atoms with Crippen molar-refractivity contribution in [2.75, 3.05) is 24.7 Å². The zero-order valence-corrected chi connectivity index (χ0v) is 13.9. The Morgan fingerprint density at radius 2 is 1.87 bits per heavy atom. The molecular weight excluding hydrogens is 294 g/mol. The molecule has 1 atom stereocenters. The maximum atomic E-state index is 12.8. The number of hydrogen-bond donors (Lipinski definition) is 0. The minimum absolute atomic E-state index is 0.0260. The Morgan fingerprint density at radius 1 is 1.22 bits per heavy atom. The molecule has 0 saturated carbocycles. The second-order valence-electron chi connectivity index (χ2n) is 5.18. The number of benzene rings is 1. The molecule has 1 heterocycles. The maximum absolute atomic E-state index is 12.8. The smallest absolute Gasteiger partial charge is 0.354 e. The first-order valence-corrected chi connectivity index (χ1v) is 8.00. The summed E-state index contributed by atoms with van der Waals surface area (Å²) in [7, 11) is 0. The monoisotopic (exact) mass is 317 g/mol. The molecular formula is C17H23N3O3. The lowest BCUT2D eigenvalue weighted by molar-refractivity contribution is -0.135. The van der Waals surface area contributed by atoms with E-state index in [1.54, 1.807) is 16.8 Å². The third-order valence-corrected chi connectivity index (χ3v) is 3.80. The molecule has 6 heteroatoms. The molecule has 1 aromatic carbocycles. The topological polar surface area (TPSA) is 62.2 Å². The van der Waals surface area contributed by atoms with Crippen LogP contribution in [0.5, 0.6) is 0 Å². The van der Waals surface area contributed by atoms with Crippen LogP contribution < -0.4 is 5.01 Å². The van der Waals surface area contributed by atoms with E-state index in [1.807, 2.05) is 44.2 Å². The minimum Gasteiger partial charge on any atom is -0.461 e. The lowest BCUT2D eigenvalue weighted by atomic mass is 10.1. The summed E-state index contributed by atoms with van der Waals surface area (Å²) in [5, 5.41) is 5.99. The molecule has 0 radical (unpaired) electrons. The molecule has 0 saturated heterocycles. The fourth-order valence-electron chi connectivity index (χ4n) is 2.61. The Labute approximate surface area is 136 Å². The molecule has 2 rings (SSSR count). The number of hydrogen-bond acceptors (Lipinski definition) is 5. The van der Waals surface area contributed by atoms with Gasteiger partial charge in [-0.15, -0.1) is 0 Å². The number of anilines is 1. The predicted octanol–water partition coefficient (Wildman–Crippen LogP) is 2.05. The highest BCUT2D eigenvalue weighted by molar-refractivity contribution is 6.38. The quantitative estimate of drug-likeness (QED) is 0.753. The lowest BCUT2D eigenvalue weighted by Crippen LogP contribution is -2.45. The fraction of sp³-hybridized carbons (Fsp3) is 0.471. The van der Waals surface area contributed by atoms with Crippen molar-refractivity contribution >= 4 is 23.3 Å². The third-order valence-electron chi connectivity index (χ3n) is 3.80. The number of nitrogens with zero attached hydrogens (tertiary/aromatic N) is 3. The van der Waals surface area contributed by atoms with Crippen LogP contribution in [0.2, 0.25) is 0 Å². The van der Waals surface area contributed by atoms with Gasteiger partial charge >= 0.3 is 5.97 Å². The van der Waals surface area contributed by atoms with Crippen LogP contribution >= 0.6 is 0 Å². The summed E-state index contributed by atoms with van der Waals surface area (Å²) >= 11 is 0. The van der Waals surface area contributed by atoms with Gasteiger partial charge in [0.05, 0.1) is 12.3 Å². The van der Waals surface area contributed by atoms with E-state index in [2.05, 4.69) is 5.10 Å². The number of carbonyl (C=O) groups is 2. The molecule has 0 aliphatic carbocycles. The number of likely N-dealkylation sites (N-methyl/N-ethyl adjacent to an activating group) is 1. The zero-order valence-electron chi connectivity index (χ0n) is 13.9. The van der Waals surface area contributed by atoms with Gasteiger partial charge in [0.15, 0.2) is 0 Å². The van der Waals surface area contributed by atoms with Gasteiger partial charge in [-0.05, 0) is 32.9 Å². The number of esters is 1. The van der Waals surface area contributed by atoms with Gasteiger partial charge in [0.2, 0.25) is 5.91 Å². The van der Waals surface area contributed by atoms with Crippen LogP contribution in [0.1, 0.15) is 27.2 Å². The molecule has 23 heavy (non-hydrogen) atoms. The number of carbonyl (C=O) groups excluding carboxylic acids is 2. The van der Waals surface area contributed by atoms with Crippen molar-refractivity contribution in [3.63, 3.8) is 0 Å². The van der Waals surface area contributed by atoms with Gasteiger partial charge in [-0.3, -0.25) is 9.80 Å². The van der Waals surface area contributed by atoms with Crippen molar-refractivity contribution in [3.05, 3.63) is 30.3 Å². The van der Waals surface area contributed by atoms with Gasteiger partial charge in [0.1, 0.15) is 11.8 Å². The van der Waals surface area contributed by atoms with Gasteiger partial charge in [0, 0.05) is 19.5 Å². The van der Waals surface area contributed by atoms with Gasteiger partial charge in [-0.2, -0.15) is 5.10 Å². The first-order valence-electron chi connectivity index (χ1n) is 8.00. The van der Waals surface area contributed by atoms with Crippen molar-refractivity contribution in [3.8, 4) is 0 Å². The maximum Gasteiger partial charge on any atom is 0.354 e. The van der Waals surface area contributed by atoms with Crippen molar-refractivity contribution in [2.45, 2.75) is 33.2 Å². The summed E-state index contributed by atoms with van der Waals surface area (Å²) in [6, 6.07) is 8.91. The Balaban J connectivity index is 2.30. The lowest BCUT2D eigenvalue weighted by Gasteiger charge is -2.28. The van der Waals surface area contributed by atoms with Crippen LogP contribution in [0.4, 0.5) is 5.69 Å². The molecule has 0 fully saturated rings. The average Bonchev–Trinajstić information content (AvgIpc) is 3.02. The van der Waals surface area contributed by atoms with Crippen LogP contribution in [-0.2, 0) is 14.3 Å². The molecule has 0 aromatic heterocycles. The van der Waals surface area contributed by atoms with E-state index in [9.17, 15) is 9.59 Å². The Hall–Kier alpha value is -2.37. The molecule has 0 bridgehead atoms. The van der Waals surface area contributed by atoms with Gasteiger partial charge in [0.25, 0.3) is 0 Å². The largest absolute Gasteiger partial charge is 0.461 e. The van der Waals surface area contributed by atoms with Crippen LogP contribution in [0.25, 0.3) is 0 Å². The molecule has 1 aliphatic rings. The van der Waals surface area contributed by atoms with Crippen LogP contribution in [0, 0.1) is 0 Å². The summed E-state index contributed by atoms with van der Waals surface area (Å²) in [5.41, 5.74) is 1.08. The van der Waals surface area contributed by atoms with Crippen molar-refractivity contribution in [1.29, 1.82) is 0 Å². The number of amides is 1. The van der Waals surface area contributed by atoms with Crippen LogP contribution in [-0.4, -0.2) is 48.2 Å². The first kappa shape index (κ1) is 17.0. The normalized spacial score (nSPS) is 16.9. The summed E-state index contributed by atoms with van der Waals surface area (Å²) in [6.45, 7) is 7.18. The highest BCUT2D eigenvalue weighted by atomic mass is 16.5. The van der Waals surface area contributed by atoms with Gasteiger partial charge in [-0.25, -0.2) is 4.79 Å². The highest BCUT2D eigenvalue weighted by Gasteiger charge is 2.38. The van der Waals surface area contributed by atoms with Gasteiger partial charge in [-0.1, -0.05) is 18.2 Å². The first-order chi connectivity index (χ1) is 11.1. The minimum atomic E-state index is -0.503. The molecule has 6 nitrogen and oxygen atoms in total. The Bertz CT molecular complexity index is 582. The third kappa shape index (κ3) is 3.70. The second kappa shape index (κ2) is 7.76. The molecule has 1 amide bonds. The summed E-state index contributed by atoms with van der Waals surface area (Å²) < 4.78 is 5.03. The molecule has 0 spiro atoms. The summed E-state index contributed by atoms with van der Waals surface area (Å²) in [6.07, 6.45) is 0.267. The fourth-order valence-corrected chi connectivity index (χ4v) is 2.61.